The molecule has 226 valence electrons. The number of aliphatic hydroxyl groups excluding tert-OH is 1. The van der Waals surface area contributed by atoms with Crippen molar-refractivity contribution in [3.05, 3.63) is 65.9 Å². The molecule has 0 aliphatic heterocycles. The Hall–Kier alpha value is -4.42. The van der Waals surface area contributed by atoms with Gasteiger partial charge >= 0.3 is 5.97 Å². The van der Waals surface area contributed by atoms with Crippen molar-refractivity contribution in [3.63, 3.8) is 0 Å². The fourth-order valence-corrected chi connectivity index (χ4v) is 4.60. The lowest BCUT2D eigenvalue weighted by atomic mass is 10.0. The number of carboxylic acid groups (broad SMARTS) is 1. The molecule has 0 fully saturated rings. The monoisotopic (exact) mass is 581 g/mol. The smallest absolute Gasteiger partial charge is 0.326 e. The summed E-state index contributed by atoms with van der Waals surface area (Å²) in [7, 11) is 0. The average Bonchev–Trinajstić information content (AvgIpc) is 3.34. The molecule has 0 saturated heterocycles. The molecule has 0 aliphatic carbocycles. The number of H-pyrrole nitrogens is 1. The summed E-state index contributed by atoms with van der Waals surface area (Å²) < 4.78 is 0. The van der Waals surface area contributed by atoms with Crippen LogP contribution in [0.3, 0.4) is 0 Å². The zero-order valence-corrected chi connectivity index (χ0v) is 23.8. The summed E-state index contributed by atoms with van der Waals surface area (Å²) in [4.78, 5) is 54.4. The van der Waals surface area contributed by atoms with Crippen LogP contribution in [0.5, 0.6) is 5.75 Å². The molecule has 5 unspecified atom stereocenters. The Kier molecular flexibility index (Phi) is 11.1. The molecule has 3 aromatic rings. The fraction of sp³-hybridized carbons (Fsp3) is 0.400. The number of phenolic OH excluding ortho intramolecular Hbond substituents is 1. The predicted molar refractivity (Wildman–Crippen MR) is 156 cm³/mol. The molecule has 0 saturated carbocycles. The standard InChI is InChI=1S/C30H39N5O7/c1-16(2)12-24(33-27(38)22(31)13-18-8-10-20(37)11-9-18)28(39)35-26(17(3)36)29(40)34-25(30(41)42)14-19-15-32-23-7-5-4-6-21(19)23/h4-11,15-17,22,24-26,32,36-37H,12-14,31H2,1-3H3,(H,33,38)(H,34,40)(H,35,39)(H,41,42). The van der Waals surface area contributed by atoms with Gasteiger partial charge in [0.25, 0.3) is 0 Å². The molecule has 0 bridgehead atoms. The molecule has 5 atom stereocenters. The number of aromatic hydroxyl groups is 1. The highest BCUT2D eigenvalue weighted by atomic mass is 16.4. The third-order valence-corrected chi connectivity index (χ3v) is 6.84. The van der Waals surface area contributed by atoms with E-state index < -0.39 is 54.0 Å². The number of fused-ring (bicyclic) bond motifs is 1. The largest absolute Gasteiger partial charge is 0.508 e. The van der Waals surface area contributed by atoms with E-state index >= 15 is 0 Å². The summed E-state index contributed by atoms with van der Waals surface area (Å²) in [5, 5.41) is 37.9. The summed E-state index contributed by atoms with van der Waals surface area (Å²) >= 11 is 0. The second-order valence-electron chi connectivity index (χ2n) is 10.9. The number of carboxylic acids is 1. The molecule has 12 heteroatoms. The van der Waals surface area contributed by atoms with Crippen molar-refractivity contribution in [2.24, 2.45) is 11.7 Å². The lowest BCUT2D eigenvalue weighted by molar-refractivity contribution is -0.143. The summed E-state index contributed by atoms with van der Waals surface area (Å²) in [6, 6.07) is 8.68. The van der Waals surface area contributed by atoms with Crippen molar-refractivity contribution in [1.82, 2.24) is 20.9 Å². The van der Waals surface area contributed by atoms with Crippen LogP contribution in [0.2, 0.25) is 0 Å². The minimum atomic E-state index is -1.49. The van der Waals surface area contributed by atoms with E-state index in [1.807, 2.05) is 38.1 Å². The maximum atomic E-state index is 13.3. The van der Waals surface area contributed by atoms with Gasteiger partial charge in [-0.1, -0.05) is 44.2 Å². The van der Waals surface area contributed by atoms with Gasteiger partial charge in [-0.3, -0.25) is 14.4 Å². The Morgan fingerprint density at radius 2 is 1.50 bits per heavy atom. The summed E-state index contributed by atoms with van der Waals surface area (Å²) in [5.74, 6) is -3.43. The van der Waals surface area contributed by atoms with Crippen LogP contribution in [0.25, 0.3) is 10.9 Å². The lowest BCUT2D eigenvalue weighted by Gasteiger charge is -2.27. The Morgan fingerprint density at radius 3 is 2.12 bits per heavy atom. The van der Waals surface area contributed by atoms with E-state index in [2.05, 4.69) is 20.9 Å². The van der Waals surface area contributed by atoms with Crippen molar-refractivity contribution in [2.75, 3.05) is 0 Å². The first-order chi connectivity index (χ1) is 19.8. The lowest BCUT2D eigenvalue weighted by Crippen LogP contribution is -2.60. The van der Waals surface area contributed by atoms with E-state index in [9.17, 15) is 34.5 Å². The number of rotatable bonds is 14. The maximum Gasteiger partial charge on any atom is 0.326 e. The van der Waals surface area contributed by atoms with E-state index in [4.69, 9.17) is 5.73 Å². The summed E-state index contributed by atoms with van der Waals surface area (Å²) in [5.41, 5.74) is 8.28. The molecule has 42 heavy (non-hydrogen) atoms. The van der Waals surface area contributed by atoms with E-state index in [0.717, 1.165) is 10.9 Å². The molecule has 1 aromatic heterocycles. The van der Waals surface area contributed by atoms with Crippen LogP contribution >= 0.6 is 0 Å². The van der Waals surface area contributed by atoms with Crippen molar-refractivity contribution in [3.8, 4) is 5.75 Å². The van der Waals surface area contributed by atoms with Gasteiger partial charge in [0, 0.05) is 23.5 Å². The van der Waals surface area contributed by atoms with Crippen LogP contribution in [-0.2, 0) is 32.0 Å². The first kappa shape index (κ1) is 32.1. The maximum absolute atomic E-state index is 13.3. The number of aromatic amines is 1. The minimum absolute atomic E-state index is 0.0271. The molecule has 0 radical (unpaired) electrons. The van der Waals surface area contributed by atoms with Crippen molar-refractivity contribution in [2.45, 2.75) is 70.3 Å². The van der Waals surface area contributed by atoms with Gasteiger partial charge in [-0.2, -0.15) is 0 Å². The van der Waals surface area contributed by atoms with E-state index in [1.54, 1.807) is 18.3 Å². The summed E-state index contributed by atoms with van der Waals surface area (Å²) in [6.07, 6.45) is 0.649. The van der Waals surface area contributed by atoms with E-state index in [0.29, 0.717) is 11.1 Å². The number of aliphatic carboxylic acids is 1. The number of hydrogen-bond donors (Lipinski definition) is 8. The Balaban J connectivity index is 1.68. The second kappa shape index (κ2) is 14.5. The van der Waals surface area contributed by atoms with Crippen LogP contribution in [0, 0.1) is 5.92 Å². The second-order valence-corrected chi connectivity index (χ2v) is 10.9. The number of amides is 3. The Labute approximate surface area is 243 Å². The number of nitrogens with two attached hydrogens (primary N) is 1. The molecule has 2 aromatic carbocycles. The Bertz CT molecular complexity index is 1390. The summed E-state index contributed by atoms with van der Waals surface area (Å²) in [6.45, 7) is 5.00. The minimum Gasteiger partial charge on any atom is -0.508 e. The van der Waals surface area contributed by atoms with E-state index in [-0.39, 0.29) is 30.9 Å². The van der Waals surface area contributed by atoms with Gasteiger partial charge in [0.15, 0.2) is 0 Å². The normalized spacial score (nSPS) is 14.9. The molecule has 3 amide bonds. The van der Waals surface area contributed by atoms with Crippen molar-refractivity contribution < 1.29 is 34.5 Å². The molecular formula is C30H39N5O7. The zero-order chi connectivity index (χ0) is 31.0. The van der Waals surface area contributed by atoms with Gasteiger partial charge in [-0.25, -0.2) is 4.79 Å². The SMILES string of the molecule is CC(C)CC(NC(=O)C(N)Cc1ccc(O)cc1)C(=O)NC(C(=O)NC(Cc1c[nH]c2ccccc12)C(=O)O)C(C)O. The molecule has 9 N–H and O–H groups in total. The van der Waals surface area contributed by atoms with Crippen molar-refractivity contribution >= 4 is 34.6 Å². The number of carbonyl (C=O) groups is 4. The number of phenols is 1. The van der Waals surface area contributed by atoms with Crippen LogP contribution in [-0.4, -0.2) is 74.3 Å². The van der Waals surface area contributed by atoms with Gasteiger partial charge in [0.2, 0.25) is 17.7 Å². The highest BCUT2D eigenvalue weighted by molar-refractivity contribution is 5.94. The predicted octanol–water partition coefficient (Wildman–Crippen LogP) is 0.952. The number of aliphatic hydroxyl groups is 1. The van der Waals surface area contributed by atoms with Gasteiger partial charge < -0.3 is 42.0 Å². The molecular weight excluding hydrogens is 542 g/mol. The number of aromatic nitrogens is 1. The van der Waals surface area contributed by atoms with Gasteiger partial charge in [-0.15, -0.1) is 0 Å². The molecule has 0 aliphatic rings. The topological polar surface area (TPSA) is 207 Å². The van der Waals surface area contributed by atoms with Gasteiger partial charge in [0.05, 0.1) is 12.1 Å². The van der Waals surface area contributed by atoms with Crippen LogP contribution in [0.1, 0.15) is 38.3 Å². The van der Waals surface area contributed by atoms with Crippen LogP contribution < -0.4 is 21.7 Å². The first-order valence-corrected chi connectivity index (χ1v) is 13.8. The molecule has 3 rings (SSSR count). The van der Waals surface area contributed by atoms with Crippen LogP contribution in [0.4, 0.5) is 0 Å². The number of nitrogens with one attached hydrogen (secondary N) is 4. The quantitative estimate of drug-likeness (QED) is 0.137. The molecule has 12 nitrogen and oxygen atoms in total. The van der Waals surface area contributed by atoms with Crippen LogP contribution in [0.15, 0.2) is 54.7 Å². The number of benzene rings is 2. The Morgan fingerprint density at radius 1 is 0.857 bits per heavy atom. The zero-order valence-electron chi connectivity index (χ0n) is 23.8. The van der Waals surface area contributed by atoms with Crippen molar-refractivity contribution in [1.29, 1.82) is 0 Å². The molecule has 1 heterocycles. The fourth-order valence-electron chi connectivity index (χ4n) is 4.60. The number of hydrogen-bond acceptors (Lipinski definition) is 7. The number of carbonyl (C=O) groups excluding carboxylic acids is 3. The molecule has 0 spiro atoms. The van der Waals surface area contributed by atoms with Gasteiger partial charge in [-0.05, 0) is 55.0 Å². The third-order valence-electron chi connectivity index (χ3n) is 6.84. The number of para-hydroxylation sites is 1. The first-order valence-electron chi connectivity index (χ1n) is 13.8. The highest BCUT2D eigenvalue weighted by Crippen LogP contribution is 2.19. The average molecular weight is 582 g/mol. The van der Waals surface area contributed by atoms with E-state index in [1.165, 1.54) is 19.1 Å². The van der Waals surface area contributed by atoms with Gasteiger partial charge in [0.1, 0.15) is 23.9 Å². The highest BCUT2D eigenvalue weighted by Gasteiger charge is 2.33. The third kappa shape index (κ3) is 8.79.